The number of carboxylic acids is 1. The fraction of sp³-hybridized carbons (Fsp3) is 0.214. The third-order valence-corrected chi connectivity index (χ3v) is 2.84. The van der Waals surface area contributed by atoms with Gasteiger partial charge in [-0.1, -0.05) is 24.3 Å². The van der Waals surface area contributed by atoms with Crippen molar-refractivity contribution < 1.29 is 19.4 Å². The number of rotatable bonds is 4. The molecule has 0 saturated heterocycles. The van der Waals surface area contributed by atoms with Crippen LogP contribution in [-0.4, -0.2) is 16.2 Å². The van der Waals surface area contributed by atoms with Gasteiger partial charge in [-0.15, -0.1) is 0 Å². The van der Waals surface area contributed by atoms with Crippen LogP contribution in [0.5, 0.6) is 0 Å². The van der Waals surface area contributed by atoms with E-state index in [0.717, 1.165) is 11.1 Å². The number of carboxylic acid groups (broad SMARTS) is 1. The maximum absolute atomic E-state index is 10.7. The van der Waals surface area contributed by atoms with E-state index in [1.165, 1.54) is 12.1 Å². The molecular formula is C14H14O4. The Labute approximate surface area is 104 Å². The first-order valence-corrected chi connectivity index (χ1v) is 5.63. The summed E-state index contributed by atoms with van der Waals surface area (Å²) >= 11 is 0. The van der Waals surface area contributed by atoms with Crippen LogP contribution in [0.2, 0.25) is 0 Å². The highest BCUT2D eigenvalue weighted by Gasteiger charge is 2.16. The lowest BCUT2D eigenvalue weighted by molar-refractivity contribution is 0.0651. The molecule has 2 rings (SSSR count). The Morgan fingerprint density at radius 3 is 2.61 bits per heavy atom. The summed E-state index contributed by atoms with van der Waals surface area (Å²) in [5, 5.41) is 18.7. The molecule has 94 valence electrons. The molecule has 0 aliphatic heterocycles. The van der Waals surface area contributed by atoms with Crippen molar-refractivity contribution in [1.82, 2.24) is 0 Å². The van der Waals surface area contributed by atoms with Crippen LogP contribution < -0.4 is 0 Å². The summed E-state index contributed by atoms with van der Waals surface area (Å²) in [6, 6.07) is 10.6. The van der Waals surface area contributed by atoms with E-state index in [1.54, 1.807) is 0 Å². The first-order chi connectivity index (χ1) is 8.58. The van der Waals surface area contributed by atoms with Gasteiger partial charge >= 0.3 is 5.97 Å². The Hall–Kier alpha value is -2.07. The molecule has 0 aliphatic rings. The maximum Gasteiger partial charge on any atom is 0.371 e. The number of aromatic carboxylic acids is 1. The lowest BCUT2D eigenvalue weighted by Crippen LogP contribution is -2.02. The molecule has 0 radical (unpaired) electrons. The highest BCUT2D eigenvalue weighted by molar-refractivity contribution is 5.84. The van der Waals surface area contributed by atoms with Gasteiger partial charge in [0.05, 0.1) is 0 Å². The van der Waals surface area contributed by atoms with Crippen LogP contribution in [0.15, 0.2) is 40.8 Å². The van der Waals surface area contributed by atoms with Crippen LogP contribution in [0, 0.1) is 6.92 Å². The molecule has 0 bridgehead atoms. The fourth-order valence-corrected chi connectivity index (χ4v) is 1.79. The summed E-state index contributed by atoms with van der Waals surface area (Å²) < 4.78 is 5.07. The van der Waals surface area contributed by atoms with Crippen molar-refractivity contribution in [3.63, 3.8) is 0 Å². The maximum atomic E-state index is 10.7. The second-order valence-electron chi connectivity index (χ2n) is 4.15. The predicted molar refractivity (Wildman–Crippen MR) is 65.5 cm³/mol. The molecule has 0 aliphatic carbocycles. The molecule has 1 heterocycles. The van der Waals surface area contributed by atoms with Crippen molar-refractivity contribution >= 4 is 5.97 Å². The minimum absolute atomic E-state index is 0.158. The summed E-state index contributed by atoms with van der Waals surface area (Å²) in [5.41, 5.74) is 2.10. The fourth-order valence-electron chi connectivity index (χ4n) is 1.79. The number of benzene rings is 1. The molecule has 1 unspecified atom stereocenters. The molecule has 18 heavy (non-hydrogen) atoms. The number of hydrogen-bond donors (Lipinski definition) is 2. The van der Waals surface area contributed by atoms with Crippen molar-refractivity contribution in [1.29, 1.82) is 0 Å². The van der Waals surface area contributed by atoms with Gasteiger partial charge in [0.1, 0.15) is 11.9 Å². The van der Waals surface area contributed by atoms with Crippen LogP contribution in [0.1, 0.15) is 33.5 Å². The molecule has 1 atom stereocenters. The molecule has 0 fully saturated rings. The predicted octanol–water partition coefficient (Wildman–Crippen LogP) is 2.56. The van der Waals surface area contributed by atoms with Crippen molar-refractivity contribution in [2.75, 3.05) is 0 Å². The average Bonchev–Trinajstić information content (AvgIpc) is 2.81. The number of hydrogen-bond acceptors (Lipinski definition) is 3. The molecule has 0 saturated carbocycles. The van der Waals surface area contributed by atoms with Crippen molar-refractivity contribution in [2.45, 2.75) is 19.4 Å². The Morgan fingerprint density at radius 1 is 1.28 bits per heavy atom. The van der Waals surface area contributed by atoms with E-state index < -0.39 is 12.1 Å². The standard InChI is InChI=1S/C14H14O4/c1-9-4-2-3-5-10(9)8-11(15)12-6-7-13(18-12)14(16)17/h2-7,11,15H,8H2,1H3,(H,16,17). The van der Waals surface area contributed by atoms with Gasteiger partial charge < -0.3 is 14.6 Å². The summed E-state index contributed by atoms with van der Waals surface area (Å²) in [7, 11) is 0. The minimum atomic E-state index is -1.13. The van der Waals surface area contributed by atoms with E-state index in [4.69, 9.17) is 9.52 Å². The average molecular weight is 246 g/mol. The second-order valence-corrected chi connectivity index (χ2v) is 4.15. The van der Waals surface area contributed by atoms with Crippen molar-refractivity contribution in [2.24, 2.45) is 0 Å². The summed E-state index contributed by atoms with van der Waals surface area (Å²) in [6.45, 7) is 1.97. The van der Waals surface area contributed by atoms with Crippen LogP contribution in [0.4, 0.5) is 0 Å². The van der Waals surface area contributed by atoms with Crippen LogP contribution in [0.3, 0.4) is 0 Å². The first kappa shape index (κ1) is 12.4. The topological polar surface area (TPSA) is 70.7 Å². The van der Waals surface area contributed by atoms with E-state index in [-0.39, 0.29) is 11.5 Å². The van der Waals surface area contributed by atoms with Gasteiger partial charge in [-0.2, -0.15) is 0 Å². The Balaban J connectivity index is 2.14. The molecule has 1 aromatic carbocycles. The molecule has 4 nitrogen and oxygen atoms in total. The molecule has 1 aromatic heterocycles. The molecule has 4 heteroatoms. The van der Waals surface area contributed by atoms with E-state index in [9.17, 15) is 9.90 Å². The largest absolute Gasteiger partial charge is 0.475 e. The van der Waals surface area contributed by atoms with Crippen molar-refractivity contribution in [3.05, 3.63) is 59.0 Å². The van der Waals surface area contributed by atoms with Gasteiger partial charge in [-0.05, 0) is 30.2 Å². The SMILES string of the molecule is Cc1ccccc1CC(O)c1ccc(C(=O)O)o1. The molecule has 2 N–H and O–H groups in total. The Bertz CT molecular complexity index is 556. The van der Waals surface area contributed by atoms with Crippen molar-refractivity contribution in [3.8, 4) is 0 Å². The highest BCUT2D eigenvalue weighted by atomic mass is 16.4. The van der Waals surface area contributed by atoms with Crippen LogP contribution >= 0.6 is 0 Å². The van der Waals surface area contributed by atoms with Gasteiger partial charge in [0, 0.05) is 6.42 Å². The van der Waals surface area contributed by atoms with Gasteiger partial charge in [0.25, 0.3) is 0 Å². The highest BCUT2D eigenvalue weighted by Crippen LogP contribution is 2.22. The number of aliphatic hydroxyl groups is 1. The van der Waals surface area contributed by atoms with Gasteiger partial charge in [0.2, 0.25) is 5.76 Å². The minimum Gasteiger partial charge on any atom is -0.475 e. The number of furan rings is 1. The first-order valence-electron chi connectivity index (χ1n) is 5.63. The Morgan fingerprint density at radius 2 is 2.00 bits per heavy atom. The number of carbonyl (C=O) groups is 1. The zero-order valence-electron chi connectivity index (χ0n) is 9.96. The third-order valence-electron chi connectivity index (χ3n) is 2.84. The lowest BCUT2D eigenvalue weighted by Gasteiger charge is -2.09. The van der Waals surface area contributed by atoms with E-state index in [1.807, 2.05) is 31.2 Å². The second kappa shape index (κ2) is 5.06. The van der Waals surface area contributed by atoms with Gasteiger partial charge in [-0.25, -0.2) is 4.79 Å². The smallest absolute Gasteiger partial charge is 0.371 e. The zero-order chi connectivity index (χ0) is 13.1. The summed E-state index contributed by atoms with van der Waals surface area (Å²) in [6.07, 6.45) is -0.432. The van der Waals surface area contributed by atoms with E-state index in [2.05, 4.69) is 0 Å². The lowest BCUT2D eigenvalue weighted by atomic mass is 10.0. The quantitative estimate of drug-likeness (QED) is 0.869. The molecular weight excluding hydrogens is 232 g/mol. The third kappa shape index (κ3) is 2.60. The summed E-state index contributed by atoms with van der Waals surface area (Å²) in [4.78, 5) is 10.7. The molecule has 0 amide bonds. The monoisotopic (exact) mass is 246 g/mol. The van der Waals surface area contributed by atoms with Gasteiger partial charge in [-0.3, -0.25) is 0 Å². The zero-order valence-corrected chi connectivity index (χ0v) is 9.96. The molecule has 2 aromatic rings. The van der Waals surface area contributed by atoms with E-state index >= 15 is 0 Å². The van der Waals surface area contributed by atoms with E-state index in [0.29, 0.717) is 6.42 Å². The van der Waals surface area contributed by atoms with Crippen LogP contribution in [0.25, 0.3) is 0 Å². The Kier molecular flexibility index (Phi) is 3.48. The number of aliphatic hydroxyl groups excluding tert-OH is 1. The molecule has 0 spiro atoms. The number of aryl methyl sites for hydroxylation is 1. The van der Waals surface area contributed by atoms with Gasteiger partial charge in [0.15, 0.2) is 0 Å². The summed E-state index contributed by atoms with van der Waals surface area (Å²) in [5.74, 6) is -1.02. The van der Waals surface area contributed by atoms with Crippen LogP contribution in [-0.2, 0) is 6.42 Å². The normalized spacial score (nSPS) is 12.3.